The zero-order valence-electron chi connectivity index (χ0n) is 19.3. The van der Waals surface area contributed by atoms with Crippen molar-refractivity contribution < 1.29 is 9.47 Å². The molecule has 1 saturated carbocycles. The maximum absolute atomic E-state index is 12.9. The van der Waals surface area contributed by atoms with E-state index < -0.39 is 0 Å². The third-order valence-electron chi connectivity index (χ3n) is 5.83. The summed E-state index contributed by atoms with van der Waals surface area (Å²) in [6.45, 7) is 3.89. The van der Waals surface area contributed by atoms with Crippen LogP contribution in [-0.2, 0) is 7.05 Å². The maximum atomic E-state index is 12.9. The van der Waals surface area contributed by atoms with Gasteiger partial charge in [-0.05, 0) is 46.0 Å². The molecule has 1 fully saturated rings. The summed E-state index contributed by atoms with van der Waals surface area (Å²) in [6, 6.07) is 5.87. The van der Waals surface area contributed by atoms with Gasteiger partial charge in [-0.2, -0.15) is 4.98 Å². The van der Waals surface area contributed by atoms with Crippen LogP contribution in [0.4, 0.5) is 11.6 Å². The molecule has 0 spiro atoms. The van der Waals surface area contributed by atoms with Crippen molar-refractivity contribution in [1.29, 1.82) is 0 Å². The van der Waals surface area contributed by atoms with Crippen LogP contribution in [-0.4, -0.2) is 57.9 Å². The van der Waals surface area contributed by atoms with Gasteiger partial charge in [-0.3, -0.25) is 9.13 Å². The molecule has 0 aliphatic heterocycles. The first kappa shape index (κ1) is 22.1. The van der Waals surface area contributed by atoms with Gasteiger partial charge >= 0.3 is 5.69 Å². The molecular weight excluding hydrogens is 408 g/mol. The molecule has 9 heteroatoms. The Bertz CT molecular complexity index is 1130. The van der Waals surface area contributed by atoms with Gasteiger partial charge in [0.1, 0.15) is 23.6 Å². The summed E-state index contributed by atoms with van der Waals surface area (Å²) in [4.78, 5) is 24.1. The molecule has 0 radical (unpaired) electrons. The van der Waals surface area contributed by atoms with E-state index in [2.05, 4.69) is 15.2 Å². The van der Waals surface area contributed by atoms with Gasteiger partial charge in [0.2, 0.25) is 5.95 Å². The summed E-state index contributed by atoms with van der Waals surface area (Å²) in [5.41, 5.74) is 2.12. The highest BCUT2D eigenvalue weighted by Gasteiger charge is 2.24. The van der Waals surface area contributed by atoms with Gasteiger partial charge in [-0.15, -0.1) is 0 Å². The summed E-state index contributed by atoms with van der Waals surface area (Å²) in [5.74, 6) is 1.84. The normalized spacial score (nSPS) is 14.4. The number of rotatable bonds is 9. The molecule has 0 atom stereocenters. The Morgan fingerprint density at radius 1 is 1.22 bits per heavy atom. The Morgan fingerprint density at radius 2 is 2.00 bits per heavy atom. The molecule has 3 aromatic rings. The molecule has 0 bridgehead atoms. The van der Waals surface area contributed by atoms with Crippen molar-refractivity contribution in [1.82, 2.24) is 24.0 Å². The molecule has 1 aliphatic carbocycles. The van der Waals surface area contributed by atoms with Gasteiger partial charge in [-0.25, -0.2) is 9.78 Å². The van der Waals surface area contributed by atoms with E-state index in [1.54, 1.807) is 17.8 Å². The van der Waals surface area contributed by atoms with Crippen LogP contribution >= 0.6 is 0 Å². The highest BCUT2D eigenvalue weighted by Crippen LogP contribution is 2.33. The van der Waals surface area contributed by atoms with Gasteiger partial charge in [0.25, 0.3) is 0 Å². The molecule has 32 heavy (non-hydrogen) atoms. The van der Waals surface area contributed by atoms with Crippen LogP contribution < -0.4 is 20.5 Å². The quantitative estimate of drug-likeness (QED) is 0.546. The van der Waals surface area contributed by atoms with E-state index in [9.17, 15) is 4.79 Å². The van der Waals surface area contributed by atoms with E-state index in [1.807, 2.05) is 43.8 Å². The molecule has 4 rings (SSSR count). The summed E-state index contributed by atoms with van der Waals surface area (Å²) >= 11 is 0. The minimum atomic E-state index is -0.0346. The summed E-state index contributed by atoms with van der Waals surface area (Å²) < 4.78 is 15.1. The van der Waals surface area contributed by atoms with Crippen LogP contribution in [0, 0.1) is 0 Å². The van der Waals surface area contributed by atoms with Crippen LogP contribution in [0.25, 0.3) is 11.2 Å². The van der Waals surface area contributed by atoms with E-state index in [0.29, 0.717) is 30.6 Å². The number of benzene rings is 1. The second kappa shape index (κ2) is 9.60. The van der Waals surface area contributed by atoms with Crippen molar-refractivity contribution >= 4 is 22.8 Å². The lowest BCUT2D eigenvalue weighted by atomic mass is 10.2. The van der Waals surface area contributed by atoms with Crippen molar-refractivity contribution in [2.45, 2.75) is 38.6 Å². The highest BCUT2D eigenvalue weighted by atomic mass is 16.5. The Labute approximate surface area is 188 Å². The second-order valence-electron chi connectivity index (χ2n) is 8.42. The van der Waals surface area contributed by atoms with Crippen molar-refractivity contribution in [2.24, 2.45) is 7.05 Å². The number of ether oxygens (including phenoxy) is 2. The molecule has 1 aromatic carbocycles. The van der Waals surface area contributed by atoms with Gasteiger partial charge in [0.15, 0.2) is 5.65 Å². The Hall–Kier alpha value is -3.07. The molecule has 0 unspecified atom stereocenters. The lowest BCUT2D eigenvalue weighted by Crippen LogP contribution is -2.25. The summed E-state index contributed by atoms with van der Waals surface area (Å²) in [5, 5.41) is 3.26. The minimum Gasteiger partial charge on any atom is -0.492 e. The third-order valence-corrected chi connectivity index (χ3v) is 5.83. The first-order chi connectivity index (χ1) is 15.5. The molecule has 2 heterocycles. The predicted octanol–water partition coefficient (Wildman–Crippen LogP) is 3.33. The molecule has 2 aromatic heterocycles. The van der Waals surface area contributed by atoms with E-state index in [-0.39, 0.29) is 11.7 Å². The largest absolute Gasteiger partial charge is 0.492 e. The third kappa shape index (κ3) is 4.57. The first-order valence-corrected chi connectivity index (χ1v) is 11.2. The molecule has 0 saturated heterocycles. The fraction of sp³-hybridized carbons (Fsp3) is 0.522. The summed E-state index contributed by atoms with van der Waals surface area (Å²) in [6.07, 6.45) is 6.01. The number of aryl methyl sites for hydroxylation is 1. The van der Waals surface area contributed by atoms with Crippen molar-refractivity contribution in [2.75, 3.05) is 39.2 Å². The van der Waals surface area contributed by atoms with Crippen molar-refractivity contribution in [3.63, 3.8) is 0 Å². The monoisotopic (exact) mass is 440 g/mol. The predicted molar refractivity (Wildman–Crippen MR) is 125 cm³/mol. The molecule has 172 valence electrons. The average molecular weight is 441 g/mol. The molecule has 1 N–H and O–H groups in total. The number of hydrogen-bond acceptors (Lipinski definition) is 7. The zero-order chi connectivity index (χ0) is 22.7. The minimum absolute atomic E-state index is 0.0346. The van der Waals surface area contributed by atoms with Gasteiger partial charge in [0, 0.05) is 25.7 Å². The number of nitrogens with zero attached hydrogens (tertiary/aromatic N) is 5. The van der Waals surface area contributed by atoms with E-state index in [4.69, 9.17) is 14.5 Å². The fourth-order valence-corrected chi connectivity index (χ4v) is 4.12. The van der Waals surface area contributed by atoms with Crippen molar-refractivity contribution in [3.05, 3.63) is 34.9 Å². The van der Waals surface area contributed by atoms with Crippen LogP contribution in [0.1, 0.15) is 38.6 Å². The highest BCUT2D eigenvalue weighted by molar-refractivity contribution is 5.74. The van der Waals surface area contributed by atoms with Gasteiger partial charge in [0.05, 0.1) is 18.5 Å². The standard InChI is InChI=1S/C23H32N6O3/c1-5-31-20-14-17(32-13-12-27(2)3)10-11-18(20)25-22-24-15-19-21(26-22)29(23(30)28(19)4)16-8-6-7-9-16/h10-11,14-16H,5-9,12-13H2,1-4H3,(H,24,25,26). The molecular formula is C23H32N6O3. The van der Waals surface area contributed by atoms with Crippen LogP contribution in [0.2, 0.25) is 0 Å². The van der Waals surface area contributed by atoms with Gasteiger partial charge < -0.3 is 19.7 Å². The zero-order valence-corrected chi connectivity index (χ0v) is 19.3. The fourth-order valence-electron chi connectivity index (χ4n) is 4.12. The molecule has 0 amide bonds. The Kier molecular flexibility index (Phi) is 6.64. The lowest BCUT2D eigenvalue weighted by molar-refractivity contribution is 0.259. The number of likely N-dealkylation sites (N-methyl/N-ethyl adjacent to an activating group) is 1. The number of hydrogen-bond donors (Lipinski definition) is 1. The van der Waals surface area contributed by atoms with Crippen LogP contribution in [0.5, 0.6) is 11.5 Å². The second-order valence-corrected chi connectivity index (χ2v) is 8.42. The first-order valence-electron chi connectivity index (χ1n) is 11.2. The van der Waals surface area contributed by atoms with Crippen molar-refractivity contribution in [3.8, 4) is 11.5 Å². The maximum Gasteiger partial charge on any atom is 0.330 e. The number of anilines is 2. The number of fused-ring (bicyclic) bond motifs is 1. The van der Waals surface area contributed by atoms with E-state index >= 15 is 0 Å². The Morgan fingerprint density at radius 3 is 2.72 bits per heavy atom. The Balaban J connectivity index is 1.62. The number of imidazole rings is 1. The van der Waals surface area contributed by atoms with E-state index in [1.165, 1.54) is 0 Å². The molecule has 9 nitrogen and oxygen atoms in total. The SMILES string of the molecule is CCOc1cc(OCCN(C)C)ccc1Nc1ncc2c(n1)n(C1CCCC1)c(=O)n2C. The van der Waals surface area contributed by atoms with E-state index in [0.717, 1.165) is 49.2 Å². The molecule has 1 aliphatic rings. The number of aromatic nitrogens is 4. The lowest BCUT2D eigenvalue weighted by Gasteiger charge is -2.15. The number of nitrogens with one attached hydrogen (secondary N) is 1. The smallest absolute Gasteiger partial charge is 0.330 e. The van der Waals surface area contributed by atoms with Gasteiger partial charge in [-0.1, -0.05) is 12.8 Å². The topological polar surface area (TPSA) is 86.4 Å². The van der Waals surface area contributed by atoms with Crippen LogP contribution in [0.3, 0.4) is 0 Å². The average Bonchev–Trinajstić information content (AvgIpc) is 3.37. The summed E-state index contributed by atoms with van der Waals surface area (Å²) in [7, 11) is 5.80. The van der Waals surface area contributed by atoms with Crippen LogP contribution in [0.15, 0.2) is 29.2 Å².